The van der Waals surface area contributed by atoms with Crippen LogP contribution in [0, 0.1) is 5.92 Å². The summed E-state index contributed by atoms with van der Waals surface area (Å²) in [7, 11) is 0. The number of carbonyl (C=O) groups excluding carboxylic acids is 3. The molecule has 3 rings (SSSR count). The van der Waals surface area contributed by atoms with E-state index in [1.165, 1.54) is 0 Å². The monoisotopic (exact) mass is 419 g/mol. The van der Waals surface area contributed by atoms with Gasteiger partial charge in [0.25, 0.3) is 0 Å². The van der Waals surface area contributed by atoms with Gasteiger partial charge in [0.15, 0.2) is 6.10 Å². The summed E-state index contributed by atoms with van der Waals surface area (Å²) in [5, 5.41) is 0.507. The first kappa shape index (κ1) is 20.4. The molecule has 7 heteroatoms. The number of nitrogens with zero attached hydrogens (tertiary/aromatic N) is 1. The molecule has 2 aromatic carbocycles. The molecule has 1 aliphatic rings. The van der Waals surface area contributed by atoms with Crippen molar-refractivity contribution in [3.63, 3.8) is 0 Å². The molecule has 2 atom stereocenters. The van der Waals surface area contributed by atoms with E-state index in [4.69, 9.17) is 27.9 Å². The third-order valence-corrected chi connectivity index (χ3v) is 5.05. The van der Waals surface area contributed by atoms with E-state index >= 15 is 0 Å². The summed E-state index contributed by atoms with van der Waals surface area (Å²) in [5.74, 6) is -1.51. The number of anilines is 1. The van der Waals surface area contributed by atoms with Crippen molar-refractivity contribution in [1.29, 1.82) is 0 Å². The van der Waals surface area contributed by atoms with Crippen molar-refractivity contribution in [2.75, 3.05) is 17.3 Å². The van der Waals surface area contributed by atoms with Crippen LogP contribution in [0.5, 0.6) is 0 Å². The molecular weight excluding hydrogens is 401 g/mol. The molecule has 0 bridgehead atoms. The van der Waals surface area contributed by atoms with E-state index in [1.807, 2.05) is 30.3 Å². The predicted octanol–water partition coefficient (Wildman–Crippen LogP) is 4.12. The maximum absolute atomic E-state index is 12.7. The van der Waals surface area contributed by atoms with Crippen LogP contribution in [0.1, 0.15) is 23.2 Å². The topological polar surface area (TPSA) is 63.7 Å². The Labute approximate surface area is 173 Å². The van der Waals surface area contributed by atoms with Gasteiger partial charge in [-0.3, -0.25) is 14.4 Å². The molecule has 146 valence electrons. The molecule has 1 aliphatic heterocycles. The van der Waals surface area contributed by atoms with Gasteiger partial charge in [0.05, 0.1) is 5.92 Å². The summed E-state index contributed by atoms with van der Waals surface area (Å²) in [6, 6.07) is 15.5. The molecule has 5 nitrogen and oxygen atoms in total. The van der Waals surface area contributed by atoms with Crippen molar-refractivity contribution in [2.45, 2.75) is 18.9 Å². The highest BCUT2D eigenvalue weighted by atomic mass is 35.5. The number of halogens is 2. The lowest BCUT2D eigenvalue weighted by Gasteiger charge is -2.19. The lowest BCUT2D eigenvalue weighted by molar-refractivity contribution is -0.151. The van der Waals surface area contributed by atoms with Gasteiger partial charge in [-0.2, -0.15) is 0 Å². The Morgan fingerprint density at radius 1 is 1.11 bits per heavy atom. The zero-order chi connectivity index (χ0) is 20.1. The quantitative estimate of drug-likeness (QED) is 0.384. The van der Waals surface area contributed by atoms with Crippen LogP contribution in [0.3, 0.4) is 0 Å². The third-order valence-electron chi connectivity index (χ3n) is 4.58. The number of ether oxygens (including phenoxy) is 1. The van der Waals surface area contributed by atoms with E-state index in [9.17, 15) is 14.4 Å². The van der Waals surface area contributed by atoms with Crippen molar-refractivity contribution < 1.29 is 19.1 Å². The lowest BCUT2D eigenvalue weighted by Crippen LogP contribution is -2.32. The molecule has 1 heterocycles. The Morgan fingerprint density at radius 2 is 1.79 bits per heavy atom. The van der Waals surface area contributed by atoms with Crippen LogP contribution in [0.15, 0.2) is 54.6 Å². The summed E-state index contributed by atoms with van der Waals surface area (Å²) >= 11 is 11.6. The number of Topliss-reactive ketones (excluding diaryl/α,β-unsaturated/α-hetero) is 1. The van der Waals surface area contributed by atoms with Gasteiger partial charge in [-0.1, -0.05) is 29.8 Å². The van der Waals surface area contributed by atoms with Crippen LogP contribution in [0.4, 0.5) is 5.69 Å². The Hall–Kier alpha value is -2.37. The zero-order valence-corrected chi connectivity index (χ0v) is 16.5. The number of alkyl halides is 1. The predicted molar refractivity (Wildman–Crippen MR) is 108 cm³/mol. The summed E-state index contributed by atoms with van der Waals surface area (Å²) in [4.78, 5) is 39.2. The minimum atomic E-state index is -0.993. The number of esters is 1. The standard InChI is InChI=1S/C21H19Cl2NO4/c22-11-10-18(20(26)14-6-8-16(23)9-7-14)28-21(27)15-12-19(25)24(13-15)17-4-2-1-3-5-17/h1-9,15,18H,10-13H2. The first-order chi connectivity index (χ1) is 13.5. The van der Waals surface area contributed by atoms with E-state index in [-0.39, 0.29) is 37.0 Å². The van der Waals surface area contributed by atoms with E-state index in [0.29, 0.717) is 10.6 Å². The van der Waals surface area contributed by atoms with Crippen LogP contribution in [-0.2, 0) is 14.3 Å². The van der Waals surface area contributed by atoms with Crippen LogP contribution < -0.4 is 4.90 Å². The van der Waals surface area contributed by atoms with Gasteiger partial charge >= 0.3 is 5.97 Å². The highest BCUT2D eigenvalue weighted by molar-refractivity contribution is 6.30. The molecular formula is C21H19Cl2NO4. The number of ketones is 1. The van der Waals surface area contributed by atoms with Gasteiger partial charge in [-0.15, -0.1) is 11.6 Å². The van der Waals surface area contributed by atoms with E-state index < -0.39 is 18.0 Å². The van der Waals surface area contributed by atoms with Crippen LogP contribution >= 0.6 is 23.2 Å². The zero-order valence-electron chi connectivity index (χ0n) is 15.0. The molecule has 0 saturated carbocycles. The minimum Gasteiger partial charge on any atom is -0.454 e. The second-order valence-electron chi connectivity index (χ2n) is 6.52. The summed E-state index contributed by atoms with van der Waals surface area (Å²) < 4.78 is 5.47. The van der Waals surface area contributed by atoms with Gasteiger partial charge in [-0.25, -0.2) is 0 Å². The molecule has 28 heavy (non-hydrogen) atoms. The van der Waals surface area contributed by atoms with Gasteiger partial charge in [-0.05, 0) is 36.4 Å². The number of hydrogen-bond donors (Lipinski definition) is 0. The fourth-order valence-corrected chi connectivity index (χ4v) is 3.43. The first-order valence-corrected chi connectivity index (χ1v) is 9.82. The SMILES string of the molecule is O=C(OC(CCCl)C(=O)c1ccc(Cl)cc1)C1CC(=O)N(c2ccccc2)C1. The molecule has 0 aliphatic carbocycles. The molecule has 0 spiro atoms. The number of amides is 1. The molecule has 2 aromatic rings. The summed E-state index contributed by atoms with van der Waals surface area (Å²) in [6.45, 7) is 0.227. The molecule has 1 fully saturated rings. The fourth-order valence-electron chi connectivity index (χ4n) is 3.10. The smallest absolute Gasteiger partial charge is 0.312 e. The summed E-state index contributed by atoms with van der Waals surface area (Å²) in [6.07, 6.45) is -0.749. The van der Waals surface area contributed by atoms with Gasteiger partial charge in [0.2, 0.25) is 11.7 Å². The average Bonchev–Trinajstić information content (AvgIpc) is 3.10. The van der Waals surface area contributed by atoms with Crippen molar-refractivity contribution in [3.05, 3.63) is 65.2 Å². The number of rotatable bonds is 7. The van der Waals surface area contributed by atoms with Gasteiger partial charge in [0, 0.05) is 41.5 Å². The minimum absolute atomic E-state index is 0.0520. The number of hydrogen-bond acceptors (Lipinski definition) is 4. The molecule has 2 unspecified atom stereocenters. The normalized spacial score (nSPS) is 17.4. The van der Waals surface area contributed by atoms with Crippen molar-refractivity contribution >= 4 is 46.5 Å². The Bertz CT molecular complexity index is 854. The van der Waals surface area contributed by atoms with Crippen molar-refractivity contribution in [2.24, 2.45) is 5.92 Å². The van der Waals surface area contributed by atoms with Gasteiger partial charge < -0.3 is 9.64 Å². The van der Waals surface area contributed by atoms with Crippen molar-refractivity contribution in [1.82, 2.24) is 0 Å². The highest BCUT2D eigenvalue weighted by Gasteiger charge is 2.38. The number of para-hydroxylation sites is 1. The molecule has 0 radical (unpaired) electrons. The number of benzene rings is 2. The number of carbonyl (C=O) groups is 3. The van der Waals surface area contributed by atoms with Crippen LogP contribution in [0.25, 0.3) is 0 Å². The van der Waals surface area contributed by atoms with E-state index in [2.05, 4.69) is 0 Å². The molecule has 1 saturated heterocycles. The molecule has 1 amide bonds. The molecule has 0 N–H and O–H groups in total. The van der Waals surface area contributed by atoms with Gasteiger partial charge in [0.1, 0.15) is 0 Å². The lowest BCUT2D eigenvalue weighted by atomic mass is 10.0. The van der Waals surface area contributed by atoms with Crippen LogP contribution in [-0.4, -0.2) is 36.2 Å². The second kappa shape index (κ2) is 9.22. The maximum Gasteiger partial charge on any atom is 0.312 e. The second-order valence-corrected chi connectivity index (χ2v) is 7.33. The van der Waals surface area contributed by atoms with E-state index in [0.717, 1.165) is 5.69 Å². The van der Waals surface area contributed by atoms with E-state index in [1.54, 1.807) is 29.2 Å². The maximum atomic E-state index is 12.7. The Balaban J connectivity index is 1.68. The Kier molecular flexibility index (Phi) is 6.70. The average molecular weight is 420 g/mol. The summed E-state index contributed by atoms with van der Waals surface area (Å²) in [5.41, 5.74) is 1.12. The van der Waals surface area contributed by atoms with Crippen LogP contribution in [0.2, 0.25) is 5.02 Å². The Morgan fingerprint density at radius 3 is 2.43 bits per heavy atom. The molecule has 0 aromatic heterocycles. The van der Waals surface area contributed by atoms with Crippen molar-refractivity contribution in [3.8, 4) is 0 Å². The highest BCUT2D eigenvalue weighted by Crippen LogP contribution is 2.26. The first-order valence-electron chi connectivity index (χ1n) is 8.91. The largest absolute Gasteiger partial charge is 0.454 e. The fraction of sp³-hybridized carbons (Fsp3) is 0.286. The third kappa shape index (κ3) is 4.72.